The number of halogens is 1. The molecule has 1 aliphatic heterocycles. The summed E-state index contributed by atoms with van der Waals surface area (Å²) in [6, 6.07) is 8.30. The van der Waals surface area contributed by atoms with Gasteiger partial charge in [-0.1, -0.05) is 15.9 Å². The van der Waals surface area contributed by atoms with Gasteiger partial charge in [-0.15, -0.1) is 0 Å². The Morgan fingerprint density at radius 3 is 3.00 bits per heavy atom. The second-order valence-electron chi connectivity index (χ2n) is 3.98. The Bertz CT molecular complexity index is 441. The maximum absolute atomic E-state index is 8.76. The monoisotopic (exact) mass is 280 g/mol. The number of fused-ring (bicyclic) bond motifs is 1. The Kier molecular flexibility index (Phi) is 3.06. The second-order valence-corrected chi connectivity index (χ2v) is 4.90. The molecule has 1 heterocycles. The Hall–Kier alpha value is -1.21. The first kappa shape index (κ1) is 11.3. The Morgan fingerprint density at radius 2 is 2.31 bits per heavy atom. The highest BCUT2D eigenvalue weighted by Gasteiger charge is 2.30. The summed E-state index contributed by atoms with van der Waals surface area (Å²) in [5.41, 5.74) is 1.07. The smallest absolute Gasteiger partial charge is 0.143 e. The van der Waals surface area contributed by atoms with Crippen molar-refractivity contribution in [2.75, 3.05) is 11.9 Å². The third-order valence-electron chi connectivity index (χ3n) is 3.02. The average Bonchev–Trinajstić information content (AvgIpc) is 2.27. The van der Waals surface area contributed by atoms with Gasteiger partial charge in [0.15, 0.2) is 0 Å². The number of likely N-dealkylation sites (N-methyl/N-ethyl adjacent to an activating group) is 1. The van der Waals surface area contributed by atoms with Gasteiger partial charge in [0.25, 0.3) is 0 Å². The average molecular weight is 281 g/mol. The van der Waals surface area contributed by atoms with Gasteiger partial charge < -0.3 is 9.64 Å². The number of rotatable bonds is 1. The van der Waals surface area contributed by atoms with Crippen LogP contribution < -0.4 is 9.64 Å². The Labute approximate surface area is 104 Å². The SMILES string of the molecule is CC1C(CC#N)Oc2ccc(Br)cc2N1C. The van der Waals surface area contributed by atoms with E-state index < -0.39 is 0 Å². The van der Waals surface area contributed by atoms with Crippen LogP contribution in [0.3, 0.4) is 0 Å². The highest BCUT2D eigenvalue weighted by Crippen LogP contribution is 2.37. The number of nitriles is 1. The van der Waals surface area contributed by atoms with Gasteiger partial charge >= 0.3 is 0 Å². The quantitative estimate of drug-likeness (QED) is 0.794. The van der Waals surface area contributed by atoms with Crippen LogP contribution in [0.2, 0.25) is 0 Å². The number of ether oxygens (including phenoxy) is 1. The minimum Gasteiger partial charge on any atom is -0.485 e. The van der Waals surface area contributed by atoms with Gasteiger partial charge in [0, 0.05) is 11.5 Å². The number of nitrogens with zero attached hydrogens (tertiary/aromatic N) is 2. The highest BCUT2D eigenvalue weighted by molar-refractivity contribution is 9.10. The van der Waals surface area contributed by atoms with Gasteiger partial charge in [-0.05, 0) is 25.1 Å². The van der Waals surface area contributed by atoms with Crippen LogP contribution in [0.1, 0.15) is 13.3 Å². The highest BCUT2D eigenvalue weighted by atomic mass is 79.9. The molecular weight excluding hydrogens is 268 g/mol. The summed E-state index contributed by atoms with van der Waals surface area (Å²) in [5.74, 6) is 0.851. The van der Waals surface area contributed by atoms with E-state index in [0.29, 0.717) is 6.42 Å². The summed E-state index contributed by atoms with van der Waals surface area (Å²) < 4.78 is 6.86. The van der Waals surface area contributed by atoms with Crippen LogP contribution in [0, 0.1) is 11.3 Å². The first-order chi connectivity index (χ1) is 7.63. The molecule has 4 heteroatoms. The molecule has 2 atom stereocenters. The predicted octanol–water partition coefficient (Wildman–Crippen LogP) is 2.95. The van der Waals surface area contributed by atoms with Crippen LogP contribution in [-0.2, 0) is 0 Å². The fourth-order valence-corrected chi connectivity index (χ4v) is 2.25. The maximum atomic E-state index is 8.76. The molecule has 0 N–H and O–H groups in total. The van der Waals surface area contributed by atoms with E-state index in [4.69, 9.17) is 10.00 Å². The Morgan fingerprint density at radius 1 is 1.56 bits per heavy atom. The predicted molar refractivity (Wildman–Crippen MR) is 66.7 cm³/mol. The lowest BCUT2D eigenvalue weighted by Gasteiger charge is -2.39. The fourth-order valence-electron chi connectivity index (χ4n) is 1.90. The lowest BCUT2D eigenvalue weighted by atomic mass is 10.1. The van der Waals surface area contributed by atoms with Crippen LogP contribution >= 0.6 is 15.9 Å². The second kappa shape index (κ2) is 4.34. The summed E-state index contributed by atoms with van der Waals surface area (Å²) in [5, 5.41) is 8.76. The lowest BCUT2D eigenvalue weighted by Crippen LogP contribution is -2.45. The number of anilines is 1. The molecule has 1 aromatic carbocycles. The van der Waals surface area contributed by atoms with E-state index in [0.717, 1.165) is 15.9 Å². The summed E-state index contributed by atoms with van der Waals surface area (Å²) in [4.78, 5) is 2.16. The molecule has 16 heavy (non-hydrogen) atoms. The normalized spacial score (nSPS) is 23.2. The molecule has 0 saturated heterocycles. The molecule has 0 bridgehead atoms. The molecule has 0 spiro atoms. The minimum atomic E-state index is -0.0522. The van der Waals surface area contributed by atoms with Crippen molar-refractivity contribution in [3.8, 4) is 11.8 Å². The van der Waals surface area contributed by atoms with Crippen LogP contribution in [0.25, 0.3) is 0 Å². The van der Waals surface area contributed by atoms with Crippen molar-refractivity contribution in [2.45, 2.75) is 25.5 Å². The van der Waals surface area contributed by atoms with Gasteiger partial charge in [-0.25, -0.2) is 0 Å². The van der Waals surface area contributed by atoms with Crippen molar-refractivity contribution in [3.63, 3.8) is 0 Å². The summed E-state index contributed by atoms with van der Waals surface area (Å²) in [7, 11) is 2.03. The van der Waals surface area contributed by atoms with E-state index in [1.807, 2.05) is 25.2 Å². The molecule has 0 amide bonds. The lowest BCUT2D eigenvalue weighted by molar-refractivity contribution is 0.165. The van der Waals surface area contributed by atoms with Gasteiger partial charge in [0.1, 0.15) is 11.9 Å². The molecule has 0 aromatic heterocycles. The van der Waals surface area contributed by atoms with Gasteiger partial charge in [0.05, 0.1) is 24.2 Å². The van der Waals surface area contributed by atoms with E-state index in [1.165, 1.54) is 0 Å². The van der Waals surface area contributed by atoms with Crippen LogP contribution in [0.4, 0.5) is 5.69 Å². The van der Waals surface area contributed by atoms with Crippen molar-refractivity contribution >= 4 is 21.6 Å². The van der Waals surface area contributed by atoms with E-state index in [-0.39, 0.29) is 12.1 Å². The summed E-state index contributed by atoms with van der Waals surface area (Å²) >= 11 is 3.45. The van der Waals surface area contributed by atoms with Crippen molar-refractivity contribution in [2.24, 2.45) is 0 Å². The van der Waals surface area contributed by atoms with Crippen LogP contribution in [0.15, 0.2) is 22.7 Å². The van der Waals surface area contributed by atoms with Gasteiger partial charge in [-0.3, -0.25) is 0 Å². The van der Waals surface area contributed by atoms with Gasteiger partial charge in [-0.2, -0.15) is 5.26 Å². The van der Waals surface area contributed by atoms with Crippen molar-refractivity contribution < 1.29 is 4.74 Å². The zero-order valence-corrected chi connectivity index (χ0v) is 10.9. The largest absolute Gasteiger partial charge is 0.485 e. The van der Waals surface area contributed by atoms with E-state index in [9.17, 15) is 0 Å². The van der Waals surface area contributed by atoms with Gasteiger partial charge in [0.2, 0.25) is 0 Å². The number of hydrogen-bond acceptors (Lipinski definition) is 3. The molecule has 2 rings (SSSR count). The molecule has 3 nitrogen and oxygen atoms in total. The van der Waals surface area contributed by atoms with Crippen LogP contribution in [-0.4, -0.2) is 19.2 Å². The summed E-state index contributed by atoms with van der Waals surface area (Å²) in [6.45, 7) is 2.08. The molecule has 84 valence electrons. The van der Waals surface area contributed by atoms with E-state index in [1.54, 1.807) is 0 Å². The van der Waals surface area contributed by atoms with Crippen LogP contribution in [0.5, 0.6) is 5.75 Å². The molecule has 0 radical (unpaired) electrons. The van der Waals surface area contributed by atoms with Crippen molar-refractivity contribution in [3.05, 3.63) is 22.7 Å². The number of hydrogen-bond donors (Lipinski definition) is 0. The number of benzene rings is 1. The standard InChI is InChI=1S/C12H13BrN2O/c1-8-11(5-6-14)16-12-4-3-9(13)7-10(12)15(8)2/h3-4,7-8,11H,5H2,1-2H3. The summed E-state index contributed by atoms with van der Waals surface area (Å²) in [6.07, 6.45) is 0.366. The Balaban J connectivity index is 2.37. The van der Waals surface area contributed by atoms with E-state index >= 15 is 0 Å². The molecule has 1 aromatic rings. The topological polar surface area (TPSA) is 36.3 Å². The molecule has 2 unspecified atom stereocenters. The van der Waals surface area contributed by atoms with Crippen molar-refractivity contribution in [1.29, 1.82) is 5.26 Å². The fraction of sp³-hybridized carbons (Fsp3) is 0.417. The molecule has 1 aliphatic rings. The maximum Gasteiger partial charge on any atom is 0.143 e. The molecule has 0 saturated carbocycles. The molecular formula is C12H13BrN2O. The third kappa shape index (κ3) is 1.88. The first-order valence-corrected chi connectivity index (χ1v) is 5.98. The zero-order valence-electron chi connectivity index (χ0n) is 9.27. The zero-order chi connectivity index (χ0) is 11.7. The van der Waals surface area contributed by atoms with E-state index in [2.05, 4.69) is 33.8 Å². The molecule has 0 aliphatic carbocycles. The first-order valence-electron chi connectivity index (χ1n) is 5.19. The molecule has 0 fully saturated rings. The van der Waals surface area contributed by atoms with Crippen molar-refractivity contribution in [1.82, 2.24) is 0 Å². The third-order valence-corrected chi connectivity index (χ3v) is 3.51. The minimum absolute atomic E-state index is 0.0522.